The molecule has 0 saturated carbocycles. The third-order valence-corrected chi connectivity index (χ3v) is 3.16. The van der Waals surface area contributed by atoms with E-state index in [4.69, 9.17) is 27.6 Å². The summed E-state index contributed by atoms with van der Waals surface area (Å²) in [6, 6.07) is 20.3. The summed E-state index contributed by atoms with van der Waals surface area (Å²) < 4.78 is 27.9. The first-order valence-corrected chi connectivity index (χ1v) is 9.62. The minimum Gasteiger partial charge on any atom is -0.370 e. The predicted octanol–water partition coefficient (Wildman–Crippen LogP) is 2.20. The smallest absolute Gasteiger partial charge is 0.261 e. The average Bonchev–Trinajstić information content (AvgIpc) is 2.90. The number of amides is 1. The van der Waals surface area contributed by atoms with Gasteiger partial charge in [0, 0.05) is 11.1 Å². The van der Waals surface area contributed by atoms with Crippen molar-refractivity contribution in [2.24, 2.45) is 16.5 Å². The van der Waals surface area contributed by atoms with Crippen molar-refractivity contribution in [3.63, 3.8) is 0 Å². The summed E-state index contributed by atoms with van der Waals surface area (Å²) in [5.41, 5.74) is 11.6. The second kappa shape index (κ2) is 10.3. The van der Waals surface area contributed by atoms with Crippen molar-refractivity contribution in [3.05, 3.63) is 65.8 Å². The molecule has 1 amide bonds. The van der Waals surface area contributed by atoms with Crippen molar-refractivity contribution < 1.29 is 17.8 Å². The van der Waals surface area contributed by atoms with Crippen molar-refractivity contribution in [2.75, 3.05) is 6.26 Å². The molecule has 0 bridgehead atoms. The first-order chi connectivity index (χ1) is 12.6. The predicted molar refractivity (Wildman–Crippen MR) is 108 cm³/mol. The molecule has 5 N–H and O–H groups in total. The third kappa shape index (κ3) is 8.36. The largest absolute Gasteiger partial charge is 0.370 e. The topological polar surface area (TPSA) is 141 Å². The van der Waals surface area contributed by atoms with Crippen LogP contribution in [-0.4, -0.2) is 36.2 Å². The van der Waals surface area contributed by atoms with Gasteiger partial charge in [0.1, 0.15) is 5.15 Å². The van der Waals surface area contributed by atoms with Gasteiger partial charge >= 0.3 is 0 Å². The second-order valence-corrected chi connectivity index (χ2v) is 6.94. The number of para-hydroxylation sites is 2. The molecule has 0 aliphatic rings. The lowest BCUT2D eigenvalue weighted by Crippen LogP contribution is -2.22. The maximum atomic E-state index is 9.27. The summed E-state index contributed by atoms with van der Waals surface area (Å²) in [4.78, 5) is 12.2. The van der Waals surface area contributed by atoms with Crippen LogP contribution in [0.5, 0.6) is 0 Å². The molecule has 144 valence electrons. The van der Waals surface area contributed by atoms with Gasteiger partial charge < -0.3 is 16.0 Å². The fourth-order valence-corrected chi connectivity index (χ4v) is 2.33. The number of carbonyl (C=O) groups excluding carboxylic acids is 1. The van der Waals surface area contributed by atoms with Gasteiger partial charge in [-0.05, 0) is 24.3 Å². The molecule has 3 rings (SSSR count). The highest BCUT2D eigenvalue weighted by molar-refractivity contribution is 7.85. The van der Waals surface area contributed by atoms with Gasteiger partial charge in [0.2, 0.25) is 6.41 Å². The van der Waals surface area contributed by atoms with Gasteiger partial charge in [-0.1, -0.05) is 48.0 Å². The monoisotopic (exact) mass is 410 g/mol. The van der Waals surface area contributed by atoms with E-state index in [1.54, 1.807) is 0 Å². The van der Waals surface area contributed by atoms with Crippen LogP contribution >= 0.6 is 11.6 Å². The molecule has 0 unspecified atom stereocenters. The fraction of sp³-hybridized carbons (Fsp3) is 0.0588. The molecule has 0 fully saturated rings. The van der Waals surface area contributed by atoms with Gasteiger partial charge in [-0.25, -0.2) is 0 Å². The number of guanidine groups is 1. The maximum absolute atomic E-state index is 9.27. The van der Waals surface area contributed by atoms with E-state index in [2.05, 4.69) is 33.8 Å². The van der Waals surface area contributed by atoms with E-state index < -0.39 is 10.1 Å². The van der Waals surface area contributed by atoms with E-state index in [0.717, 1.165) is 21.7 Å². The summed E-state index contributed by atoms with van der Waals surface area (Å²) in [6.45, 7) is 0. The quantitative estimate of drug-likeness (QED) is 0.256. The van der Waals surface area contributed by atoms with Crippen LogP contribution in [0.4, 0.5) is 0 Å². The van der Waals surface area contributed by atoms with E-state index in [9.17, 15) is 13.2 Å². The fourth-order valence-electron chi connectivity index (χ4n) is 2.02. The molecule has 1 aromatic heterocycles. The van der Waals surface area contributed by atoms with Crippen molar-refractivity contribution in [3.8, 4) is 5.69 Å². The third-order valence-electron chi connectivity index (χ3n) is 2.88. The average molecular weight is 411 g/mol. The molecule has 3 aromatic rings. The molecule has 0 saturated heterocycles. The van der Waals surface area contributed by atoms with Crippen molar-refractivity contribution in [1.29, 1.82) is 0 Å². The van der Waals surface area contributed by atoms with E-state index in [-0.39, 0.29) is 12.4 Å². The highest BCUT2D eigenvalue weighted by Crippen LogP contribution is 2.27. The van der Waals surface area contributed by atoms with Crippen molar-refractivity contribution in [2.45, 2.75) is 0 Å². The molecular weight excluding hydrogens is 392 g/mol. The highest BCUT2D eigenvalue weighted by atomic mass is 35.5. The Labute approximate surface area is 161 Å². The minimum atomic E-state index is -3.67. The lowest BCUT2D eigenvalue weighted by atomic mass is 10.2. The molecule has 10 heteroatoms. The number of halogens is 1. The van der Waals surface area contributed by atoms with Crippen molar-refractivity contribution in [1.82, 2.24) is 4.57 Å². The Balaban J connectivity index is 0.000000278. The van der Waals surface area contributed by atoms with Crippen LogP contribution in [-0.2, 0) is 14.9 Å². The lowest BCUT2D eigenvalue weighted by Gasteiger charge is -2.06. The van der Waals surface area contributed by atoms with Gasteiger partial charge in [0.15, 0.2) is 5.96 Å². The zero-order valence-corrected chi connectivity index (χ0v) is 15.9. The van der Waals surface area contributed by atoms with E-state index in [1.165, 1.54) is 0 Å². The van der Waals surface area contributed by atoms with Gasteiger partial charge in [-0.3, -0.25) is 9.35 Å². The number of nitrogens with two attached hydrogens (primary N) is 2. The van der Waals surface area contributed by atoms with Crippen LogP contribution in [0, 0.1) is 0 Å². The molecule has 0 atom stereocenters. The van der Waals surface area contributed by atoms with Crippen molar-refractivity contribution >= 4 is 45.0 Å². The molecule has 0 aliphatic carbocycles. The number of nitrogens with zero attached hydrogens (tertiary/aromatic N) is 2. The van der Waals surface area contributed by atoms with Crippen LogP contribution < -0.4 is 11.5 Å². The second-order valence-electron chi connectivity index (χ2n) is 5.09. The zero-order valence-electron chi connectivity index (χ0n) is 14.4. The Bertz CT molecular complexity index is 1010. The standard InChI is InChI=1S/C14H10ClN.C2H5N3O.CH4O3S/c15-14-10-11-6-4-5-9-13(11)16(14)12-7-2-1-3-8-12;3-2(4)5-1-6;1-5(2,3)4/h1-10H;1H,(H4,3,4,5,6);1H3,(H,2,3,4). The molecule has 0 spiro atoms. The number of benzene rings is 2. The minimum absolute atomic E-state index is 0.204. The van der Waals surface area contributed by atoms with Crippen LogP contribution in [0.1, 0.15) is 0 Å². The Hall–Kier alpha value is -2.88. The number of hydrogen-bond acceptors (Lipinski definition) is 3. The van der Waals surface area contributed by atoms with E-state index in [1.807, 2.05) is 36.4 Å². The Morgan fingerprint density at radius 2 is 1.63 bits per heavy atom. The first-order valence-electron chi connectivity index (χ1n) is 7.39. The summed E-state index contributed by atoms with van der Waals surface area (Å²) in [7, 11) is -3.67. The molecule has 27 heavy (non-hydrogen) atoms. The Morgan fingerprint density at radius 3 is 2.11 bits per heavy atom. The van der Waals surface area contributed by atoms with E-state index in [0.29, 0.717) is 6.26 Å². The number of aromatic nitrogens is 1. The van der Waals surface area contributed by atoms with E-state index >= 15 is 0 Å². The highest BCUT2D eigenvalue weighted by Gasteiger charge is 2.07. The number of rotatable bonds is 2. The summed E-state index contributed by atoms with van der Waals surface area (Å²) in [5.74, 6) is -0.204. The van der Waals surface area contributed by atoms with Gasteiger partial charge in [0.25, 0.3) is 10.1 Å². The molecule has 2 aromatic carbocycles. The number of aliphatic imine (C=N–C) groups is 1. The molecule has 0 radical (unpaired) electrons. The van der Waals surface area contributed by atoms with Crippen LogP contribution in [0.15, 0.2) is 65.7 Å². The van der Waals surface area contributed by atoms with Gasteiger partial charge in [-0.2, -0.15) is 13.4 Å². The van der Waals surface area contributed by atoms with Gasteiger partial charge in [0.05, 0.1) is 11.8 Å². The molecule has 8 nitrogen and oxygen atoms in total. The molecular formula is C17H19ClN4O4S. The number of fused-ring (bicyclic) bond motifs is 1. The normalized spacial score (nSPS) is 10.0. The lowest BCUT2D eigenvalue weighted by molar-refractivity contribution is -0.106. The molecule has 1 heterocycles. The van der Waals surface area contributed by atoms with Crippen LogP contribution in [0.3, 0.4) is 0 Å². The van der Waals surface area contributed by atoms with Crippen LogP contribution in [0.25, 0.3) is 16.6 Å². The Kier molecular flexibility index (Phi) is 8.46. The van der Waals surface area contributed by atoms with Crippen LogP contribution in [0.2, 0.25) is 5.15 Å². The summed E-state index contributed by atoms with van der Waals surface area (Å²) in [5, 5.41) is 1.91. The number of carbonyl (C=O) groups is 1. The van der Waals surface area contributed by atoms with Gasteiger partial charge in [-0.15, -0.1) is 0 Å². The number of hydrogen-bond donors (Lipinski definition) is 3. The first kappa shape index (κ1) is 22.2. The molecule has 0 aliphatic heterocycles. The maximum Gasteiger partial charge on any atom is 0.261 e. The summed E-state index contributed by atoms with van der Waals surface area (Å²) >= 11 is 6.27. The Morgan fingerprint density at radius 1 is 1.11 bits per heavy atom. The SMILES string of the molecule is CS(=O)(=O)O.Clc1cc2ccccc2n1-c1ccccc1.NC(N)=NC=O. The zero-order chi connectivity index (χ0) is 20.4. The summed E-state index contributed by atoms with van der Waals surface area (Å²) in [6.07, 6.45) is 1.00.